The monoisotopic (exact) mass is 226 g/mol. The van der Waals surface area contributed by atoms with Crippen molar-refractivity contribution in [3.63, 3.8) is 0 Å². The molecule has 0 amide bonds. The molecule has 0 saturated heterocycles. The van der Waals surface area contributed by atoms with Gasteiger partial charge in [-0.15, -0.1) is 0 Å². The molecule has 0 heterocycles. The smallest absolute Gasteiger partial charge is 0.0414 e. The van der Waals surface area contributed by atoms with Crippen LogP contribution in [0.2, 0.25) is 0 Å². The van der Waals surface area contributed by atoms with Gasteiger partial charge in [-0.3, -0.25) is 0 Å². The Balaban J connectivity index is 3.43. The van der Waals surface area contributed by atoms with E-state index in [2.05, 4.69) is 20.8 Å². The first-order valence-electron chi connectivity index (χ1n) is 7.85. The Labute approximate surface area is 104 Å². The van der Waals surface area contributed by atoms with Crippen LogP contribution in [0.15, 0.2) is 0 Å². The highest BCUT2D eigenvalue weighted by Gasteiger charge is 2.06. The predicted molar refractivity (Wildman–Crippen MR) is 75.9 cm³/mol. The van der Waals surface area contributed by atoms with Crippen molar-refractivity contribution in [2.45, 2.75) is 97.8 Å². The van der Waals surface area contributed by atoms with Crippen LogP contribution in [0.3, 0.4) is 0 Å². The average Bonchev–Trinajstić information content (AvgIpc) is 2.29. The van der Waals surface area contributed by atoms with Gasteiger partial charge in [-0.1, -0.05) is 97.8 Å². The first kappa shape index (κ1) is 16.0. The van der Waals surface area contributed by atoms with E-state index >= 15 is 0 Å². The fraction of sp³-hybridized carbons (Fsp3) is 1.00. The zero-order valence-electron chi connectivity index (χ0n) is 12.1. The van der Waals surface area contributed by atoms with E-state index in [0.717, 1.165) is 5.92 Å². The third kappa shape index (κ3) is 10.5. The third-order valence-electron chi connectivity index (χ3n) is 3.63. The highest BCUT2D eigenvalue weighted by Crippen LogP contribution is 2.22. The molecule has 0 heteroatoms. The van der Waals surface area contributed by atoms with E-state index in [1.165, 1.54) is 77.0 Å². The summed E-state index contributed by atoms with van der Waals surface area (Å²) < 4.78 is 0. The van der Waals surface area contributed by atoms with Gasteiger partial charge in [-0.05, 0) is 5.92 Å². The Morgan fingerprint density at radius 3 is 1.56 bits per heavy atom. The van der Waals surface area contributed by atoms with E-state index in [1.54, 1.807) is 0 Å². The maximum Gasteiger partial charge on any atom is -0.0414 e. The molecule has 0 fully saturated rings. The fourth-order valence-electron chi connectivity index (χ4n) is 2.56. The second kappa shape index (κ2) is 13.1. The van der Waals surface area contributed by atoms with E-state index < -0.39 is 0 Å². The number of rotatable bonds is 12. The third-order valence-corrected chi connectivity index (χ3v) is 3.63. The van der Waals surface area contributed by atoms with Gasteiger partial charge in [0.05, 0.1) is 0 Å². The normalized spacial score (nSPS) is 12.9. The van der Waals surface area contributed by atoms with Gasteiger partial charge in [0.1, 0.15) is 0 Å². The Morgan fingerprint density at radius 2 is 1.00 bits per heavy atom. The number of hydrogen-bond acceptors (Lipinski definition) is 0. The maximum atomic E-state index is 2.34. The van der Waals surface area contributed by atoms with Crippen LogP contribution in [0.4, 0.5) is 0 Å². The molecule has 0 nitrogen and oxygen atoms in total. The van der Waals surface area contributed by atoms with Gasteiger partial charge in [0.15, 0.2) is 0 Å². The van der Waals surface area contributed by atoms with E-state index in [-0.39, 0.29) is 0 Å². The summed E-state index contributed by atoms with van der Waals surface area (Å²) in [5.41, 5.74) is 0. The lowest BCUT2D eigenvalue weighted by Gasteiger charge is -2.15. The molecule has 1 atom stereocenters. The van der Waals surface area contributed by atoms with Gasteiger partial charge >= 0.3 is 0 Å². The Bertz CT molecular complexity index is 117. The van der Waals surface area contributed by atoms with Crippen molar-refractivity contribution in [3.8, 4) is 0 Å². The first-order chi connectivity index (χ1) is 7.85. The maximum absolute atomic E-state index is 2.34. The summed E-state index contributed by atoms with van der Waals surface area (Å²) in [5, 5.41) is 0. The summed E-state index contributed by atoms with van der Waals surface area (Å²) in [6, 6.07) is 0. The lowest BCUT2D eigenvalue weighted by atomic mass is 9.91. The topological polar surface area (TPSA) is 0 Å². The molecule has 16 heavy (non-hydrogen) atoms. The quantitative estimate of drug-likeness (QED) is 0.340. The lowest BCUT2D eigenvalue weighted by molar-refractivity contribution is 0.380. The zero-order chi connectivity index (χ0) is 12.1. The lowest BCUT2D eigenvalue weighted by Crippen LogP contribution is -2.00. The molecule has 0 aromatic rings. The molecular formula is C16H34. The van der Waals surface area contributed by atoms with Gasteiger partial charge in [0, 0.05) is 0 Å². The molecule has 0 rings (SSSR count). The Morgan fingerprint density at radius 1 is 0.500 bits per heavy atom. The van der Waals surface area contributed by atoms with Gasteiger partial charge < -0.3 is 0 Å². The molecule has 0 aliphatic heterocycles. The second-order valence-corrected chi connectivity index (χ2v) is 5.35. The van der Waals surface area contributed by atoms with Crippen molar-refractivity contribution >= 4 is 0 Å². The van der Waals surface area contributed by atoms with Crippen LogP contribution in [0.25, 0.3) is 0 Å². The highest BCUT2D eigenvalue weighted by molar-refractivity contribution is 4.60. The number of unbranched alkanes of at least 4 members (excludes halogenated alkanes) is 6. The van der Waals surface area contributed by atoms with Gasteiger partial charge in [0.2, 0.25) is 0 Å². The van der Waals surface area contributed by atoms with E-state index in [9.17, 15) is 0 Å². The van der Waals surface area contributed by atoms with E-state index in [1.807, 2.05) is 0 Å². The van der Waals surface area contributed by atoms with Gasteiger partial charge in [-0.2, -0.15) is 0 Å². The molecule has 0 radical (unpaired) electrons. The standard InChI is InChI=1S/C16H34/c1-4-7-9-10-12-15-16(13-6-3)14-11-8-5-2/h16H,4-15H2,1-3H3. The first-order valence-corrected chi connectivity index (χ1v) is 7.85. The molecule has 0 spiro atoms. The van der Waals surface area contributed by atoms with Crippen LogP contribution in [0.1, 0.15) is 97.8 Å². The summed E-state index contributed by atoms with van der Waals surface area (Å²) in [6.45, 7) is 6.94. The van der Waals surface area contributed by atoms with Crippen molar-refractivity contribution in [1.82, 2.24) is 0 Å². The molecule has 0 aliphatic carbocycles. The second-order valence-electron chi connectivity index (χ2n) is 5.35. The van der Waals surface area contributed by atoms with Crippen LogP contribution < -0.4 is 0 Å². The number of hydrogen-bond donors (Lipinski definition) is 0. The predicted octanol–water partition coefficient (Wildman–Crippen LogP) is 6.34. The van der Waals surface area contributed by atoms with Crippen molar-refractivity contribution < 1.29 is 0 Å². The average molecular weight is 226 g/mol. The van der Waals surface area contributed by atoms with E-state index in [4.69, 9.17) is 0 Å². The fourth-order valence-corrected chi connectivity index (χ4v) is 2.56. The van der Waals surface area contributed by atoms with E-state index in [0.29, 0.717) is 0 Å². The SMILES string of the molecule is CCCCCCCC(CCC)CCCCC. The molecule has 1 unspecified atom stereocenters. The Hall–Kier alpha value is 0. The zero-order valence-corrected chi connectivity index (χ0v) is 12.1. The molecule has 0 aromatic heterocycles. The summed E-state index contributed by atoms with van der Waals surface area (Å²) in [5.74, 6) is 1.04. The molecule has 0 aromatic carbocycles. The molecule has 0 aliphatic rings. The largest absolute Gasteiger partial charge is 0.0654 e. The summed E-state index contributed by atoms with van der Waals surface area (Å²) in [7, 11) is 0. The summed E-state index contributed by atoms with van der Waals surface area (Å²) in [6.07, 6.45) is 17.4. The van der Waals surface area contributed by atoms with Crippen LogP contribution in [0, 0.1) is 5.92 Å². The van der Waals surface area contributed by atoms with Crippen molar-refractivity contribution in [3.05, 3.63) is 0 Å². The van der Waals surface area contributed by atoms with Crippen molar-refractivity contribution in [2.75, 3.05) is 0 Å². The van der Waals surface area contributed by atoms with Gasteiger partial charge in [0.25, 0.3) is 0 Å². The van der Waals surface area contributed by atoms with Crippen LogP contribution in [-0.4, -0.2) is 0 Å². The highest BCUT2D eigenvalue weighted by atomic mass is 14.1. The van der Waals surface area contributed by atoms with Crippen LogP contribution >= 0.6 is 0 Å². The molecule has 98 valence electrons. The molecular weight excluding hydrogens is 192 g/mol. The van der Waals surface area contributed by atoms with Crippen LogP contribution in [0.5, 0.6) is 0 Å². The minimum Gasteiger partial charge on any atom is -0.0654 e. The summed E-state index contributed by atoms with van der Waals surface area (Å²) in [4.78, 5) is 0. The van der Waals surface area contributed by atoms with Crippen molar-refractivity contribution in [1.29, 1.82) is 0 Å². The van der Waals surface area contributed by atoms with Gasteiger partial charge in [-0.25, -0.2) is 0 Å². The van der Waals surface area contributed by atoms with Crippen molar-refractivity contribution in [2.24, 2.45) is 5.92 Å². The molecule has 0 N–H and O–H groups in total. The summed E-state index contributed by atoms with van der Waals surface area (Å²) >= 11 is 0. The molecule has 0 saturated carbocycles. The molecule has 0 bridgehead atoms. The Kier molecular flexibility index (Phi) is 13.1. The minimum atomic E-state index is 1.04. The van der Waals surface area contributed by atoms with Crippen LogP contribution in [-0.2, 0) is 0 Å². The minimum absolute atomic E-state index is 1.04.